The molecule has 0 aromatic rings. The number of sulfonamides is 1. The molecule has 1 fully saturated rings. The van der Waals surface area contributed by atoms with E-state index < -0.39 is 25.9 Å². The number of hydrogen-bond acceptors (Lipinski definition) is 5. The molecule has 0 bridgehead atoms. The summed E-state index contributed by atoms with van der Waals surface area (Å²) < 4.78 is 48.1. The van der Waals surface area contributed by atoms with E-state index in [0.717, 1.165) is 0 Å². The Morgan fingerprint density at radius 2 is 2.00 bits per heavy atom. The number of hydrogen-bond donors (Lipinski definition) is 1. The molecule has 19 heavy (non-hydrogen) atoms. The van der Waals surface area contributed by atoms with Crippen molar-refractivity contribution in [3.63, 3.8) is 0 Å². The molecule has 114 valence electrons. The van der Waals surface area contributed by atoms with E-state index in [1.807, 2.05) is 13.8 Å². The third kappa shape index (κ3) is 5.37. The molecule has 1 aliphatic rings. The Morgan fingerprint density at radius 3 is 2.47 bits per heavy atom. The molecule has 0 spiro atoms. The van der Waals surface area contributed by atoms with E-state index in [9.17, 15) is 16.8 Å². The second-order valence-electron chi connectivity index (χ2n) is 5.35. The Bertz CT molecular complexity index is 485. The number of sulfone groups is 1. The molecule has 1 atom stereocenters. The maximum absolute atomic E-state index is 12.1. The summed E-state index contributed by atoms with van der Waals surface area (Å²) in [7, 11) is -4.94. The molecule has 0 saturated carbocycles. The maximum atomic E-state index is 12.1. The largest absolute Gasteiger partial charge is 0.314 e. The first-order chi connectivity index (χ1) is 8.64. The number of rotatable bonds is 7. The van der Waals surface area contributed by atoms with Gasteiger partial charge in [-0.3, -0.25) is 0 Å². The van der Waals surface area contributed by atoms with Crippen molar-refractivity contribution in [2.75, 3.05) is 30.9 Å². The van der Waals surface area contributed by atoms with E-state index >= 15 is 0 Å². The molecule has 6 nitrogen and oxygen atoms in total. The van der Waals surface area contributed by atoms with Crippen LogP contribution in [0.2, 0.25) is 0 Å². The molecular weight excluding hydrogens is 288 g/mol. The molecule has 1 N–H and O–H groups in total. The first-order valence-corrected chi connectivity index (χ1v) is 9.96. The highest BCUT2D eigenvalue weighted by Gasteiger charge is 2.35. The number of nitrogens with zero attached hydrogens (tertiary/aromatic N) is 1. The molecule has 1 rings (SSSR count). The minimum Gasteiger partial charge on any atom is -0.314 e. The van der Waals surface area contributed by atoms with Crippen LogP contribution in [0.4, 0.5) is 0 Å². The monoisotopic (exact) mass is 312 g/mol. The highest BCUT2D eigenvalue weighted by molar-refractivity contribution is 7.92. The molecule has 1 heterocycles. The molecule has 1 aliphatic heterocycles. The quantitative estimate of drug-likeness (QED) is 0.660. The lowest BCUT2D eigenvalue weighted by Gasteiger charge is -2.22. The van der Waals surface area contributed by atoms with Gasteiger partial charge in [0.15, 0.2) is 9.84 Å². The summed E-state index contributed by atoms with van der Waals surface area (Å²) in [6.45, 7) is 4.65. The average Bonchev–Trinajstić information content (AvgIpc) is 2.64. The van der Waals surface area contributed by atoms with Crippen LogP contribution in [0.5, 0.6) is 0 Å². The van der Waals surface area contributed by atoms with Crippen LogP contribution in [0.1, 0.15) is 26.7 Å². The van der Waals surface area contributed by atoms with Crippen LogP contribution in [0.25, 0.3) is 0 Å². The fourth-order valence-corrected chi connectivity index (χ4v) is 5.38. The second kappa shape index (κ2) is 6.51. The third-order valence-corrected chi connectivity index (χ3v) is 7.02. The smallest absolute Gasteiger partial charge is 0.214 e. The number of nitrogens with one attached hydrogen (secondary N) is 1. The lowest BCUT2D eigenvalue weighted by molar-refractivity contribution is 0.392. The van der Waals surface area contributed by atoms with Gasteiger partial charge in [-0.05, 0) is 19.4 Å². The summed E-state index contributed by atoms with van der Waals surface area (Å²) in [5.41, 5.74) is 0. The summed E-state index contributed by atoms with van der Waals surface area (Å²) in [6, 6.07) is -0.0616. The van der Waals surface area contributed by atoms with Crippen LogP contribution >= 0.6 is 0 Å². The molecule has 0 aromatic carbocycles. The fraction of sp³-hybridized carbons (Fsp3) is 1.00. The summed E-state index contributed by atoms with van der Waals surface area (Å²) >= 11 is 0. The zero-order chi connectivity index (χ0) is 14.7. The van der Waals surface area contributed by atoms with Crippen molar-refractivity contribution in [3.05, 3.63) is 0 Å². The first kappa shape index (κ1) is 16.9. The van der Waals surface area contributed by atoms with Gasteiger partial charge >= 0.3 is 0 Å². The van der Waals surface area contributed by atoms with Crippen molar-refractivity contribution in [2.24, 2.45) is 0 Å². The van der Waals surface area contributed by atoms with Gasteiger partial charge in [0, 0.05) is 19.1 Å². The Labute approximate surface area is 116 Å². The second-order valence-corrected chi connectivity index (χ2v) is 9.73. The van der Waals surface area contributed by atoms with E-state index in [1.54, 1.807) is 0 Å². The molecule has 8 heteroatoms. The van der Waals surface area contributed by atoms with Crippen LogP contribution in [-0.4, -0.2) is 64.1 Å². The molecular formula is C11H24N2O4S2. The molecule has 0 aliphatic carbocycles. The molecule has 0 radical (unpaired) electrons. The Balaban J connectivity index is 2.48. The van der Waals surface area contributed by atoms with Crippen LogP contribution in [0.15, 0.2) is 0 Å². The minimum atomic E-state index is -3.36. The Morgan fingerprint density at radius 1 is 1.37 bits per heavy atom. The summed E-state index contributed by atoms with van der Waals surface area (Å²) in [5, 5.41) is 3.16. The zero-order valence-corrected chi connectivity index (χ0v) is 13.4. The van der Waals surface area contributed by atoms with E-state index in [2.05, 4.69) is 5.32 Å². The average molecular weight is 312 g/mol. The highest BCUT2D eigenvalue weighted by Crippen LogP contribution is 2.19. The van der Waals surface area contributed by atoms with E-state index in [0.29, 0.717) is 25.4 Å². The van der Waals surface area contributed by atoms with Gasteiger partial charge in [0.1, 0.15) is 0 Å². The summed E-state index contributed by atoms with van der Waals surface area (Å²) in [4.78, 5) is 0. The van der Waals surface area contributed by atoms with Gasteiger partial charge in [0.25, 0.3) is 0 Å². The van der Waals surface area contributed by atoms with Crippen LogP contribution in [0.3, 0.4) is 0 Å². The van der Waals surface area contributed by atoms with Crippen molar-refractivity contribution in [2.45, 2.75) is 38.8 Å². The predicted molar refractivity (Wildman–Crippen MR) is 76.4 cm³/mol. The minimum absolute atomic E-state index is 0.0486. The van der Waals surface area contributed by atoms with Crippen LogP contribution < -0.4 is 5.32 Å². The highest BCUT2D eigenvalue weighted by atomic mass is 32.2. The van der Waals surface area contributed by atoms with Gasteiger partial charge in [-0.25, -0.2) is 21.1 Å². The van der Waals surface area contributed by atoms with Gasteiger partial charge in [-0.1, -0.05) is 13.8 Å². The predicted octanol–water partition coefficient (Wildman–Crippen LogP) is -0.177. The molecule has 1 saturated heterocycles. The van der Waals surface area contributed by atoms with Gasteiger partial charge in [0.05, 0.1) is 17.3 Å². The van der Waals surface area contributed by atoms with Gasteiger partial charge < -0.3 is 5.32 Å². The standard InChI is InChI=1S/C11H24N2O4S2/c1-10(2)12-6-4-7-19(16,17)13(3)11-5-8-18(14,15)9-11/h10-12H,4-9H2,1-3H3. The van der Waals surface area contributed by atoms with Crippen molar-refractivity contribution in [1.82, 2.24) is 9.62 Å². The van der Waals surface area contributed by atoms with Gasteiger partial charge in [0.2, 0.25) is 10.0 Å². The van der Waals surface area contributed by atoms with Gasteiger partial charge in [-0.15, -0.1) is 0 Å². The van der Waals surface area contributed by atoms with E-state index in [-0.39, 0.29) is 17.3 Å². The zero-order valence-electron chi connectivity index (χ0n) is 11.8. The molecule has 1 unspecified atom stereocenters. The van der Waals surface area contributed by atoms with Gasteiger partial charge in [-0.2, -0.15) is 0 Å². The maximum Gasteiger partial charge on any atom is 0.214 e. The Hall–Kier alpha value is -0.180. The molecule has 0 amide bonds. The normalized spacial score (nSPS) is 23.3. The first-order valence-electron chi connectivity index (χ1n) is 6.53. The third-order valence-electron chi connectivity index (χ3n) is 3.29. The fourth-order valence-electron chi connectivity index (χ4n) is 2.08. The van der Waals surface area contributed by atoms with Crippen molar-refractivity contribution in [3.8, 4) is 0 Å². The topological polar surface area (TPSA) is 83.6 Å². The lowest BCUT2D eigenvalue weighted by Crippen LogP contribution is -2.39. The van der Waals surface area contributed by atoms with Crippen LogP contribution in [-0.2, 0) is 19.9 Å². The van der Waals surface area contributed by atoms with E-state index in [1.165, 1.54) is 11.4 Å². The van der Waals surface area contributed by atoms with E-state index in [4.69, 9.17) is 0 Å². The molecule has 0 aromatic heterocycles. The van der Waals surface area contributed by atoms with Crippen molar-refractivity contribution >= 4 is 19.9 Å². The van der Waals surface area contributed by atoms with Crippen molar-refractivity contribution in [1.29, 1.82) is 0 Å². The van der Waals surface area contributed by atoms with Crippen LogP contribution in [0, 0.1) is 0 Å². The van der Waals surface area contributed by atoms with Crippen molar-refractivity contribution < 1.29 is 16.8 Å². The SMILES string of the molecule is CC(C)NCCCS(=O)(=O)N(C)C1CCS(=O)(=O)C1. The summed E-state index contributed by atoms with van der Waals surface area (Å²) in [6.07, 6.45) is 0.937. The lowest BCUT2D eigenvalue weighted by atomic mass is 10.3. The Kier molecular flexibility index (Phi) is 5.78. The summed E-state index contributed by atoms with van der Waals surface area (Å²) in [5.74, 6) is 0.0964.